The Morgan fingerprint density at radius 3 is 2.65 bits per heavy atom. The fraction of sp³-hybridized carbons (Fsp3) is 0.250. The molecule has 0 saturated heterocycles. The summed E-state index contributed by atoms with van der Waals surface area (Å²) < 4.78 is 17.3. The summed E-state index contributed by atoms with van der Waals surface area (Å²) in [6.45, 7) is 3.80. The lowest BCUT2D eigenvalue weighted by atomic mass is 10.1. The first kappa shape index (κ1) is 21.1. The van der Waals surface area contributed by atoms with Gasteiger partial charge in [0.05, 0.1) is 18.2 Å². The largest absolute Gasteiger partial charge is 0.488 e. The number of amides is 1. The van der Waals surface area contributed by atoms with Gasteiger partial charge in [0, 0.05) is 34.7 Å². The number of aromatic nitrogens is 1. The van der Waals surface area contributed by atoms with Crippen molar-refractivity contribution in [2.45, 2.75) is 24.4 Å². The lowest BCUT2D eigenvalue weighted by molar-refractivity contribution is 0.0950. The first-order chi connectivity index (χ1) is 15.0. The van der Waals surface area contributed by atoms with Crippen molar-refractivity contribution < 1.29 is 13.7 Å². The lowest BCUT2D eigenvalue weighted by Crippen LogP contribution is -2.36. The number of benzene rings is 2. The predicted molar refractivity (Wildman–Crippen MR) is 122 cm³/mol. The SMILES string of the molecule is CC(c1ccccc1)N1CCOc2cc(C(=O)NCc3ccc(S(C)=O)cc3)cnc21. The number of rotatable bonds is 6. The molecule has 0 aliphatic carbocycles. The minimum Gasteiger partial charge on any atom is -0.488 e. The first-order valence-electron chi connectivity index (χ1n) is 10.2. The molecule has 1 N–H and O–H groups in total. The van der Waals surface area contributed by atoms with Crippen LogP contribution in [0, 0.1) is 0 Å². The van der Waals surface area contributed by atoms with E-state index in [1.807, 2.05) is 42.5 Å². The normalized spacial score (nSPS) is 14.8. The third-order valence-electron chi connectivity index (χ3n) is 5.41. The van der Waals surface area contributed by atoms with Crippen LogP contribution in [-0.2, 0) is 17.3 Å². The molecule has 31 heavy (non-hydrogen) atoms. The fourth-order valence-electron chi connectivity index (χ4n) is 3.62. The van der Waals surface area contributed by atoms with Crippen LogP contribution in [0.25, 0.3) is 0 Å². The zero-order chi connectivity index (χ0) is 21.8. The number of fused-ring (bicyclic) bond motifs is 1. The number of carbonyl (C=O) groups excluding carboxylic acids is 1. The Labute approximate surface area is 184 Å². The molecule has 2 atom stereocenters. The molecule has 1 aliphatic heterocycles. The number of hydrogen-bond donors (Lipinski definition) is 1. The van der Waals surface area contributed by atoms with Crippen molar-refractivity contribution in [2.75, 3.05) is 24.3 Å². The Hall–Kier alpha value is -3.19. The minimum atomic E-state index is -1.01. The van der Waals surface area contributed by atoms with Crippen LogP contribution in [-0.4, -0.2) is 34.5 Å². The van der Waals surface area contributed by atoms with Crippen molar-refractivity contribution in [2.24, 2.45) is 0 Å². The van der Waals surface area contributed by atoms with Gasteiger partial charge in [0.2, 0.25) is 0 Å². The highest BCUT2D eigenvalue weighted by Crippen LogP contribution is 2.35. The van der Waals surface area contributed by atoms with Crippen molar-refractivity contribution in [3.05, 3.63) is 83.6 Å². The van der Waals surface area contributed by atoms with Crippen molar-refractivity contribution in [1.82, 2.24) is 10.3 Å². The molecule has 2 heterocycles. The second kappa shape index (κ2) is 9.31. The lowest BCUT2D eigenvalue weighted by Gasteiger charge is -2.35. The number of anilines is 1. The second-order valence-electron chi connectivity index (χ2n) is 7.46. The number of ether oxygens (including phenoxy) is 1. The monoisotopic (exact) mass is 435 g/mol. The Kier molecular flexibility index (Phi) is 6.32. The molecule has 0 fully saturated rings. The zero-order valence-corrected chi connectivity index (χ0v) is 18.4. The first-order valence-corrected chi connectivity index (χ1v) is 11.7. The Morgan fingerprint density at radius 1 is 1.19 bits per heavy atom. The molecular formula is C24H25N3O3S. The van der Waals surface area contributed by atoms with Gasteiger partial charge in [-0.15, -0.1) is 0 Å². The molecule has 7 heteroatoms. The van der Waals surface area contributed by atoms with Gasteiger partial charge in [-0.25, -0.2) is 4.98 Å². The Morgan fingerprint density at radius 2 is 1.94 bits per heavy atom. The van der Waals surface area contributed by atoms with Crippen LogP contribution >= 0.6 is 0 Å². The quantitative estimate of drug-likeness (QED) is 0.639. The van der Waals surface area contributed by atoms with Crippen molar-refractivity contribution in [3.8, 4) is 5.75 Å². The van der Waals surface area contributed by atoms with Gasteiger partial charge in [-0.05, 0) is 36.2 Å². The van der Waals surface area contributed by atoms with Crippen LogP contribution in [0.2, 0.25) is 0 Å². The summed E-state index contributed by atoms with van der Waals surface area (Å²) in [5, 5.41) is 2.91. The molecule has 2 unspecified atom stereocenters. The Bertz CT molecular complexity index is 1090. The zero-order valence-electron chi connectivity index (χ0n) is 17.6. The molecule has 4 rings (SSSR count). The van der Waals surface area contributed by atoms with Crippen molar-refractivity contribution >= 4 is 22.5 Å². The number of carbonyl (C=O) groups is 1. The molecule has 0 bridgehead atoms. The molecule has 0 spiro atoms. The molecule has 6 nitrogen and oxygen atoms in total. The summed E-state index contributed by atoms with van der Waals surface area (Å²) in [5.74, 6) is 1.16. The summed E-state index contributed by atoms with van der Waals surface area (Å²) in [7, 11) is -1.01. The van der Waals surface area contributed by atoms with Crippen LogP contribution in [0.5, 0.6) is 5.75 Å². The van der Waals surface area contributed by atoms with E-state index in [2.05, 4.69) is 34.3 Å². The van der Waals surface area contributed by atoms with Gasteiger partial charge in [0.15, 0.2) is 11.6 Å². The maximum absolute atomic E-state index is 12.6. The summed E-state index contributed by atoms with van der Waals surface area (Å²) in [6.07, 6.45) is 3.24. The van der Waals surface area contributed by atoms with Crippen molar-refractivity contribution in [1.29, 1.82) is 0 Å². The van der Waals surface area contributed by atoms with E-state index in [0.29, 0.717) is 24.5 Å². The molecule has 160 valence electrons. The van der Waals surface area contributed by atoms with E-state index in [9.17, 15) is 9.00 Å². The highest BCUT2D eigenvalue weighted by Gasteiger charge is 2.26. The summed E-state index contributed by atoms with van der Waals surface area (Å²) in [6, 6.07) is 19.5. The Balaban J connectivity index is 1.46. The smallest absolute Gasteiger partial charge is 0.253 e. The van der Waals surface area contributed by atoms with Gasteiger partial charge in [-0.2, -0.15) is 0 Å². The van der Waals surface area contributed by atoms with E-state index in [1.54, 1.807) is 18.5 Å². The van der Waals surface area contributed by atoms with E-state index >= 15 is 0 Å². The topological polar surface area (TPSA) is 71.5 Å². The number of pyridine rings is 1. The average Bonchev–Trinajstić information content (AvgIpc) is 2.82. The second-order valence-corrected chi connectivity index (χ2v) is 8.83. The van der Waals surface area contributed by atoms with E-state index in [-0.39, 0.29) is 11.9 Å². The van der Waals surface area contributed by atoms with E-state index < -0.39 is 10.8 Å². The van der Waals surface area contributed by atoms with Gasteiger partial charge in [0.25, 0.3) is 5.91 Å². The molecule has 1 aromatic heterocycles. The summed E-state index contributed by atoms with van der Waals surface area (Å²) in [4.78, 5) is 20.2. The maximum Gasteiger partial charge on any atom is 0.253 e. The summed E-state index contributed by atoms with van der Waals surface area (Å²) in [5.41, 5.74) is 2.60. The highest BCUT2D eigenvalue weighted by molar-refractivity contribution is 7.84. The fourth-order valence-corrected chi connectivity index (χ4v) is 4.13. The molecule has 3 aromatic rings. The van der Waals surface area contributed by atoms with Crippen molar-refractivity contribution in [3.63, 3.8) is 0 Å². The van der Waals surface area contributed by atoms with Crippen LogP contribution < -0.4 is 15.0 Å². The van der Waals surface area contributed by atoms with Crippen LogP contribution in [0.1, 0.15) is 34.5 Å². The molecular weight excluding hydrogens is 410 g/mol. The van der Waals surface area contributed by atoms with Gasteiger partial charge in [-0.3, -0.25) is 9.00 Å². The number of nitrogens with zero attached hydrogens (tertiary/aromatic N) is 2. The molecule has 2 aromatic carbocycles. The van der Waals surface area contributed by atoms with E-state index in [4.69, 9.17) is 4.74 Å². The van der Waals surface area contributed by atoms with Gasteiger partial charge >= 0.3 is 0 Å². The van der Waals surface area contributed by atoms with Crippen LogP contribution in [0.15, 0.2) is 71.8 Å². The van der Waals surface area contributed by atoms with Gasteiger partial charge in [0.1, 0.15) is 6.61 Å². The van der Waals surface area contributed by atoms with E-state index in [0.717, 1.165) is 22.8 Å². The van der Waals surface area contributed by atoms with E-state index in [1.165, 1.54) is 5.56 Å². The van der Waals surface area contributed by atoms with Gasteiger partial charge in [-0.1, -0.05) is 42.5 Å². The third kappa shape index (κ3) is 4.77. The van der Waals surface area contributed by atoms with Crippen LogP contribution in [0.4, 0.5) is 5.82 Å². The number of nitrogens with one attached hydrogen (secondary N) is 1. The molecule has 1 amide bonds. The minimum absolute atomic E-state index is 0.149. The maximum atomic E-state index is 12.6. The average molecular weight is 436 g/mol. The predicted octanol–water partition coefficient (Wildman–Crippen LogP) is 3.71. The summed E-state index contributed by atoms with van der Waals surface area (Å²) >= 11 is 0. The molecule has 0 radical (unpaired) electrons. The van der Waals surface area contributed by atoms with Gasteiger partial charge < -0.3 is 15.0 Å². The van der Waals surface area contributed by atoms with Crippen LogP contribution in [0.3, 0.4) is 0 Å². The highest BCUT2D eigenvalue weighted by atomic mass is 32.2. The molecule has 1 aliphatic rings. The number of hydrogen-bond acceptors (Lipinski definition) is 5. The molecule has 0 saturated carbocycles. The third-order valence-corrected chi connectivity index (χ3v) is 6.35. The standard InChI is InChI=1S/C24H25N3O3S/c1-17(19-6-4-3-5-7-19)27-12-13-30-22-14-20(16-25-23(22)27)24(28)26-15-18-8-10-21(11-9-18)31(2)29/h3-11,14,16-17H,12-13,15H2,1-2H3,(H,26,28).